The minimum atomic E-state index is -0.133. The van der Waals surface area contributed by atoms with Crippen LogP contribution in [0.25, 0.3) is 0 Å². The van der Waals surface area contributed by atoms with Crippen molar-refractivity contribution in [3.63, 3.8) is 0 Å². The van der Waals surface area contributed by atoms with Gasteiger partial charge in [-0.3, -0.25) is 14.3 Å². The smallest absolute Gasteiger partial charge is 0.225 e. The van der Waals surface area contributed by atoms with Crippen LogP contribution in [0.4, 0.5) is 0 Å². The standard InChI is InChI=1S/C17H20N4O2/c22-16-7-6-14(11-18-16)17(23)19-10-13-4-1-2-5-15(13)12-21-9-3-8-20-21/h1-5,8-9,14H,6-7,10-12H2,(H,18,22)(H,19,23)/t14-/m1/s1. The van der Waals surface area contributed by atoms with Gasteiger partial charge in [0, 0.05) is 31.9 Å². The number of nitrogens with one attached hydrogen (secondary N) is 2. The van der Waals surface area contributed by atoms with Gasteiger partial charge in [-0.1, -0.05) is 24.3 Å². The summed E-state index contributed by atoms with van der Waals surface area (Å²) in [7, 11) is 0. The Morgan fingerprint density at radius 3 is 2.83 bits per heavy atom. The summed E-state index contributed by atoms with van der Waals surface area (Å²) in [4.78, 5) is 23.4. The van der Waals surface area contributed by atoms with E-state index in [4.69, 9.17) is 0 Å². The summed E-state index contributed by atoms with van der Waals surface area (Å²) in [6.45, 7) is 1.60. The highest BCUT2D eigenvalue weighted by atomic mass is 16.2. The van der Waals surface area contributed by atoms with Crippen LogP contribution in [0.15, 0.2) is 42.7 Å². The summed E-state index contributed by atoms with van der Waals surface area (Å²) in [5.41, 5.74) is 2.21. The first-order valence-electron chi connectivity index (χ1n) is 7.81. The molecule has 6 heteroatoms. The SMILES string of the molecule is O=C1CC[C@@H](C(=O)NCc2ccccc2Cn2cccn2)CN1. The van der Waals surface area contributed by atoms with Gasteiger partial charge in [0.2, 0.25) is 11.8 Å². The minimum Gasteiger partial charge on any atom is -0.355 e. The van der Waals surface area contributed by atoms with Crippen LogP contribution in [0.1, 0.15) is 24.0 Å². The predicted octanol–water partition coefficient (Wildman–Crippen LogP) is 1.07. The van der Waals surface area contributed by atoms with Crippen molar-refractivity contribution in [1.82, 2.24) is 20.4 Å². The second-order valence-corrected chi connectivity index (χ2v) is 5.73. The number of carbonyl (C=O) groups excluding carboxylic acids is 2. The zero-order chi connectivity index (χ0) is 16.1. The molecule has 6 nitrogen and oxygen atoms in total. The molecule has 2 heterocycles. The Bertz CT molecular complexity index is 672. The highest BCUT2D eigenvalue weighted by Gasteiger charge is 2.24. The Morgan fingerprint density at radius 2 is 2.13 bits per heavy atom. The first kappa shape index (κ1) is 15.3. The van der Waals surface area contributed by atoms with Crippen molar-refractivity contribution in [2.24, 2.45) is 5.92 Å². The van der Waals surface area contributed by atoms with E-state index >= 15 is 0 Å². The number of amides is 2. The molecule has 1 aliphatic rings. The molecule has 3 rings (SSSR count). The van der Waals surface area contributed by atoms with Crippen LogP contribution >= 0.6 is 0 Å². The van der Waals surface area contributed by atoms with Gasteiger partial charge in [0.15, 0.2) is 0 Å². The first-order chi connectivity index (χ1) is 11.2. The number of piperidine rings is 1. The minimum absolute atomic E-state index is 0.00103. The highest BCUT2D eigenvalue weighted by Crippen LogP contribution is 2.13. The van der Waals surface area contributed by atoms with E-state index in [2.05, 4.69) is 15.7 Å². The van der Waals surface area contributed by atoms with Gasteiger partial charge in [0.05, 0.1) is 12.5 Å². The van der Waals surface area contributed by atoms with Crippen molar-refractivity contribution in [3.05, 3.63) is 53.9 Å². The lowest BCUT2D eigenvalue weighted by Gasteiger charge is -2.22. The van der Waals surface area contributed by atoms with Crippen LogP contribution in [-0.4, -0.2) is 28.1 Å². The third-order valence-electron chi connectivity index (χ3n) is 4.10. The monoisotopic (exact) mass is 312 g/mol. The number of rotatable bonds is 5. The molecular weight excluding hydrogens is 292 g/mol. The Hall–Kier alpha value is -2.63. The van der Waals surface area contributed by atoms with Crippen molar-refractivity contribution in [3.8, 4) is 0 Å². The van der Waals surface area contributed by atoms with E-state index in [9.17, 15) is 9.59 Å². The molecule has 1 aromatic carbocycles. The molecule has 1 atom stereocenters. The van der Waals surface area contributed by atoms with Gasteiger partial charge < -0.3 is 10.6 Å². The molecule has 1 saturated heterocycles. The van der Waals surface area contributed by atoms with Gasteiger partial charge in [-0.05, 0) is 23.6 Å². The zero-order valence-electron chi connectivity index (χ0n) is 12.9. The fourth-order valence-corrected chi connectivity index (χ4v) is 2.74. The summed E-state index contributed by atoms with van der Waals surface area (Å²) < 4.78 is 1.86. The highest BCUT2D eigenvalue weighted by molar-refractivity contribution is 5.83. The maximum atomic E-state index is 12.2. The molecule has 23 heavy (non-hydrogen) atoms. The molecule has 0 aliphatic carbocycles. The lowest BCUT2D eigenvalue weighted by molar-refractivity contribution is -0.129. The van der Waals surface area contributed by atoms with E-state index in [1.165, 1.54) is 0 Å². The van der Waals surface area contributed by atoms with E-state index in [1.54, 1.807) is 6.20 Å². The van der Waals surface area contributed by atoms with Crippen LogP contribution in [-0.2, 0) is 22.7 Å². The van der Waals surface area contributed by atoms with Crippen LogP contribution in [0, 0.1) is 5.92 Å². The van der Waals surface area contributed by atoms with Crippen molar-refractivity contribution in [1.29, 1.82) is 0 Å². The maximum Gasteiger partial charge on any atom is 0.225 e. The number of hydrogen-bond acceptors (Lipinski definition) is 3. The van der Waals surface area contributed by atoms with Crippen LogP contribution < -0.4 is 10.6 Å². The summed E-state index contributed by atoms with van der Waals surface area (Å²) in [6, 6.07) is 9.91. The fourth-order valence-electron chi connectivity index (χ4n) is 2.74. The van der Waals surface area contributed by atoms with Crippen molar-refractivity contribution in [2.75, 3.05) is 6.54 Å². The summed E-state index contributed by atoms with van der Waals surface area (Å²) in [6.07, 6.45) is 4.71. The zero-order valence-corrected chi connectivity index (χ0v) is 12.9. The van der Waals surface area contributed by atoms with Gasteiger partial charge in [0.25, 0.3) is 0 Å². The van der Waals surface area contributed by atoms with E-state index in [-0.39, 0.29) is 17.7 Å². The number of nitrogens with zero attached hydrogens (tertiary/aromatic N) is 2. The largest absolute Gasteiger partial charge is 0.355 e. The fraction of sp³-hybridized carbons (Fsp3) is 0.353. The number of benzene rings is 1. The maximum absolute atomic E-state index is 12.2. The lowest BCUT2D eigenvalue weighted by atomic mass is 9.98. The van der Waals surface area contributed by atoms with Crippen molar-refractivity contribution < 1.29 is 9.59 Å². The molecule has 0 spiro atoms. The molecular formula is C17H20N4O2. The van der Waals surface area contributed by atoms with Gasteiger partial charge in [0.1, 0.15) is 0 Å². The molecule has 0 unspecified atom stereocenters. The Morgan fingerprint density at radius 1 is 1.30 bits per heavy atom. The second kappa shape index (κ2) is 7.09. The molecule has 0 radical (unpaired) electrons. The molecule has 0 saturated carbocycles. The summed E-state index contributed by atoms with van der Waals surface area (Å²) in [5, 5.41) is 9.94. The topological polar surface area (TPSA) is 76.0 Å². The van der Waals surface area contributed by atoms with Crippen LogP contribution in [0.2, 0.25) is 0 Å². The summed E-state index contributed by atoms with van der Waals surface area (Å²) in [5.74, 6) is -0.108. The molecule has 120 valence electrons. The molecule has 0 bridgehead atoms. The molecule has 1 aromatic heterocycles. The number of aromatic nitrogens is 2. The summed E-state index contributed by atoms with van der Waals surface area (Å²) >= 11 is 0. The predicted molar refractivity (Wildman–Crippen MR) is 85.4 cm³/mol. The third-order valence-corrected chi connectivity index (χ3v) is 4.10. The lowest BCUT2D eigenvalue weighted by Crippen LogP contribution is -2.42. The van der Waals surface area contributed by atoms with Crippen LogP contribution in [0.5, 0.6) is 0 Å². The average molecular weight is 312 g/mol. The Kier molecular flexibility index (Phi) is 4.71. The van der Waals surface area contributed by atoms with E-state index in [0.717, 1.165) is 11.1 Å². The van der Waals surface area contributed by atoms with Gasteiger partial charge in [-0.25, -0.2) is 0 Å². The number of carbonyl (C=O) groups is 2. The molecule has 2 amide bonds. The Balaban J connectivity index is 1.59. The average Bonchev–Trinajstić information content (AvgIpc) is 3.07. The Labute approximate surface area is 134 Å². The molecule has 2 aromatic rings. The second-order valence-electron chi connectivity index (χ2n) is 5.73. The van der Waals surface area contributed by atoms with E-state index in [0.29, 0.717) is 32.5 Å². The first-order valence-corrected chi connectivity index (χ1v) is 7.81. The van der Waals surface area contributed by atoms with Crippen molar-refractivity contribution >= 4 is 11.8 Å². The normalized spacial score (nSPS) is 17.6. The number of hydrogen-bond donors (Lipinski definition) is 2. The van der Waals surface area contributed by atoms with Crippen molar-refractivity contribution in [2.45, 2.75) is 25.9 Å². The third kappa shape index (κ3) is 3.97. The van der Waals surface area contributed by atoms with Gasteiger partial charge in [-0.15, -0.1) is 0 Å². The molecule has 1 fully saturated rings. The molecule has 1 aliphatic heterocycles. The van der Waals surface area contributed by atoms with E-state index in [1.807, 2.05) is 41.2 Å². The molecule has 2 N–H and O–H groups in total. The van der Waals surface area contributed by atoms with Gasteiger partial charge >= 0.3 is 0 Å². The van der Waals surface area contributed by atoms with Crippen LogP contribution in [0.3, 0.4) is 0 Å². The van der Waals surface area contributed by atoms with E-state index < -0.39 is 0 Å². The quantitative estimate of drug-likeness (QED) is 0.867. The van der Waals surface area contributed by atoms with Gasteiger partial charge in [-0.2, -0.15) is 5.10 Å².